The topological polar surface area (TPSA) is 61.6 Å². The van der Waals surface area contributed by atoms with Crippen molar-refractivity contribution >= 4 is 17.6 Å². The van der Waals surface area contributed by atoms with E-state index in [-0.39, 0.29) is 12.1 Å². The van der Waals surface area contributed by atoms with Crippen LogP contribution in [-0.2, 0) is 6.54 Å². The molecule has 0 bridgehead atoms. The van der Waals surface area contributed by atoms with E-state index in [1.54, 1.807) is 0 Å². The first-order valence-corrected chi connectivity index (χ1v) is 11.0. The molecule has 0 spiro atoms. The van der Waals surface area contributed by atoms with Crippen molar-refractivity contribution in [3.63, 3.8) is 0 Å². The number of rotatable bonds is 8. The molecule has 1 aromatic heterocycles. The lowest BCUT2D eigenvalue weighted by molar-refractivity contribution is 0.206. The zero-order valence-corrected chi connectivity index (χ0v) is 18.5. The van der Waals surface area contributed by atoms with Crippen LogP contribution in [0, 0.1) is 6.92 Å². The van der Waals surface area contributed by atoms with Crippen molar-refractivity contribution < 1.29 is 9.32 Å². The molecule has 1 fully saturated rings. The van der Waals surface area contributed by atoms with Crippen LogP contribution in [0.5, 0.6) is 0 Å². The summed E-state index contributed by atoms with van der Waals surface area (Å²) in [5, 5.41) is 7.48. The first-order chi connectivity index (χ1) is 15.1. The van der Waals surface area contributed by atoms with E-state index in [9.17, 15) is 4.79 Å². The normalized spacial score (nSPS) is 13.1. The van der Waals surface area contributed by atoms with Crippen LogP contribution in [0.4, 0.5) is 16.4 Å². The highest BCUT2D eigenvalue weighted by atomic mass is 16.5. The molecule has 0 radical (unpaired) electrons. The Morgan fingerprint density at radius 2 is 1.74 bits per heavy atom. The van der Waals surface area contributed by atoms with Gasteiger partial charge in [0.05, 0.1) is 12.1 Å². The number of nitrogens with one attached hydrogen (secondary N) is 1. The van der Waals surface area contributed by atoms with Crippen LogP contribution in [0.25, 0.3) is 11.3 Å². The van der Waals surface area contributed by atoms with E-state index in [4.69, 9.17) is 4.52 Å². The maximum atomic E-state index is 13.2. The molecule has 2 amide bonds. The summed E-state index contributed by atoms with van der Waals surface area (Å²) in [5.41, 5.74) is 4.73. The van der Waals surface area contributed by atoms with E-state index in [1.165, 1.54) is 0 Å². The number of nitrogens with zero attached hydrogens (tertiary/aromatic N) is 3. The fourth-order valence-corrected chi connectivity index (χ4v) is 3.78. The Balaban J connectivity index is 1.65. The van der Waals surface area contributed by atoms with E-state index in [0.717, 1.165) is 59.9 Å². The maximum absolute atomic E-state index is 13.2. The summed E-state index contributed by atoms with van der Waals surface area (Å²) in [5.74, 6) is 0.748. The average molecular weight is 419 g/mol. The number of aromatic nitrogens is 1. The SMILES string of the molecule is CCN(CC)c1onc(-c2ccccc2)c1CN(C(=O)Nc1ccc(C)cc1)C1CC1. The fraction of sp³-hybridized carbons (Fsp3) is 0.360. The van der Waals surface area contributed by atoms with Crippen molar-refractivity contribution in [3.05, 3.63) is 65.7 Å². The maximum Gasteiger partial charge on any atom is 0.322 e. The highest BCUT2D eigenvalue weighted by molar-refractivity contribution is 5.90. The van der Waals surface area contributed by atoms with Crippen molar-refractivity contribution in [3.8, 4) is 11.3 Å². The summed E-state index contributed by atoms with van der Waals surface area (Å²) in [6.07, 6.45) is 2.04. The molecule has 1 N–H and O–H groups in total. The van der Waals surface area contributed by atoms with Gasteiger partial charge in [0.1, 0.15) is 5.69 Å². The fourth-order valence-electron chi connectivity index (χ4n) is 3.78. The highest BCUT2D eigenvalue weighted by Gasteiger charge is 2.35. The minimum atomic E-state index is -0.0861. The molecular formula is C25H30N4O2. The molecule has 1 aliphatic carbocycles. The van der Waals surface area contributed by atoms with E-state index in [1.807, 2.05) is 66.4 Å². The molecule has 0 atom stereocenters. The van der Waals surface area contributed by atoms with E-state index in [0.29, 0.717) is 6.54 Å². The van der Waals surface area contributed by atoms with Crippen molar-refractivity contribution in [2.24, 2.45) is 0 Å². The Morgan fingerprint density at radius 3 is 2.35 bits per heavy atom. The average Bonchev–Trinajstić information content (AvgIpc) is 3.55. The second-order valence-corrected chi connectivity index (χ2v) is 8.01. The van der Waals surface area contributed by atoms with Crippen molar-refractivity contribution in [2.75, 3.05) is 23.3 Å². The number of hydrogen-bond donors (Lipinski definition) is 1. The molecular weight excluding hydrogens is 388 g/mol. The van der Waals surface area contributed by atoms with Crippen LogP contribution < -0.4 is 10.2 Å². The van der Waals surface area contributed by atoms with Crippen LogP contribution in [-0.4, -0.2) is 35.2 Å². The second kappa shape index (κ2) is 9.25. The zero-order chi connectivity index (χ0) is 21.8. The summed E-state index contributed by atoms with van der Waals surface area (Å²) in [6, 6.07) is 18.1. The molecule has 0 unspecified atom stereocenters. The molecule has 4 rings (SSSR count). The third-order valence-electron chi connectivity index (χ3n) is 5.75. The lowest BCUT2D eigenvalue weighted by Gasteiger charge is -2.25. The van der Waals surface area contributed by atoms with Gasteiger partial charge in [-0.15, -0.1) is 0 Å². The summed E-state index contributed by atoms with van der Waals surface area (Å²) < 4.78 is 5.82. The Morgan fingerprint density at radius 1 is 1.06 bits per heavy atom. The van der Waals surface area contributed by atoms with Gasteiger partial charge in [-0.25, -0.2) is 4.79 Å². The van der Waals surface area contributed by atoms with Crippen LogP contribution in [0.1, 0.15) is 37.8 Å². The van der Waals surface area contributed by atoms with Gasteiger partial charge in [-0.1, -0.05) is 53.2 Å². The molecule has 6 nitrogen and oxygen atoms in total. The van der Waals surface area contributed by atoms with Gasteiger partial charge in [-0.3, -0.25) is 0 Å². The van der Waals surface area contributed by atoms with E-state index < -0.39 is 0 Å². The number of carbonyl (C=O) groups is 1. The summed E-state index contributed by atoms with van der Waals surface area (Å²) in [6.45, 7) is 8.31. The minimum absolute atomic E-state index is 0.0861. The number of carbonyl (C=O) groups excluding carboxylic acids is 1. The number of anilines is 2. The van der Waals surface area contributed by atoms with E-state index >= 15 is 0 Å². The van der Waals surface area contributed by atoms with Gasteiger partial charge in [0.25, 0.3) is 0 Å². The monoisotopic (exact) mass is 418 g/mol. The number of benzene rings is 2. The molecule has 3 aromatic rings. The van der Waals surface area contributed by atoms with Gasteiger partial charge >= 0.3 is 6.03 Å². The van der Waals surface area contributed by atoms with Gasteiger partial charge in [-0.2, -0.15) is 0 Å². The number of hydrogen-bond acceptors (Lipinski definition) is 4. The van der Waals surface area contributed by atoms with Gasteiger partial charge < -0.3 is 19.6 Å². The summed E-state index contributed by atoms with van der Waals surface area (Å²) in [7, 11) is 0. The smallest absolute Gasteiger partial charge is 0.322 e. The number of amides is 2. The molecule has 0 saturated heterocycles. The number of aryl methyl sites for hydroxylation is 1. The van der Waals surface area contributed by atoms with Crippen molar-refractivity contribution in [1.29, 1.82) is 0 Å². The summed E-state index contributed by atoms with van der Waals surface area (Å²) in [4.78, 5) is 17.3. The third kappa shape index (κ3) is 4.74. The Bertz CT molecular complexity index is 1010. The van der Waals surface area contributed by atoms with Crippen molar-refractivity contribution in [1.82, 2.24) is 10.1 Å². The van der Waals surface area contributed by atoms with Crippen LogP contribution in [0.3, 0.4) is 0 Å². The highest BCUT2D eigenvalue weighted by Crippen LogP contribution is 2.36. The Kier molecular flexibility index (Phi) is 6.26. The third-order valence-corrected chi connectivity index (χ3v) is 5.75. The lowest BCUT2D eigenvalue weighted by Crippen LogP contribution is -2.37. The molecule has 31 heavy (non-hydrogen) atoms. The predicted octanol–water partition coefficient (Wildman–Crippen LogP) is 5.69. The van der Waals surface area contributed by atoms with E-state index in [2.05, 4.69) is 29.2 Å². The first-order valence-electron chi connectivity index (χ1n) is 11.0. The molecule has 0 aliphatic heterocycles. The molecule has 2 aromatic carbocycles. The van der Waals surface area contributed by atoms with Crippen LogP contribution in [0.2, 0.25) is 0 Å². The first kappa shape index (κ1) is 21.0. The largest absolute Gasteiger partial charge is 0.341 e. The predicted molar refractivity (Wildman–Crippen MR) is 124 cm³/mol. The zero-order valence-electron chi connectivity index (χ0n) is 18.5. The standard InChI is InChI=1S/C25H30N4O2/c1-4-28(5-2)24-22(23(27-31-24)19-9-7-6-8-10-19)17-29(21-15-16-21)25(30)26-20-13-11-18(3)12-14-20/h6-14,21H,4-5,15-17H2,1-3H3,(H,26,30). The molecule has 1 saturated carbocycles. The van der Waals surface area contributed by atoms with Gasteiger partial charge in [0.2, 0.25) is 5.88 Å². The van der Waals surface area contributed by atoms with Gasteiger partial charge in [0.15, 0.2) is 0 Å². The molecule has 1 heterocycles. The van der Waals surface area contributed by atoms with Gasteiger partial charge in [-0.05, 0) is 45.7 Å². The van der Waals surface area contributed by atoms with Crippen molar-refractivity contribution in [2.45, 2.75) is 46.2 Å². The molecule has 1 aliphatic rings. The summed E-state index contributed by atoms with van der Waals surface area (Å²) >= 11 is 0. The Hall–Kier alpha value is -3.28. The minimum Gasteiger partial charge on any atom is -0.341 e. The molecule has 6 heteroatoms. The quantitative estimate of drug-likeness (QED) is 0.510. The number of urea groups is 1. The second-order valence-electron chi connectivity index (χ2n) is 8.01. The Labute approximate surface area is 183 Å². The van der Waals surface area contributed by atoms with Crippen LogP contribution in [0.15, 0.2) is 59.1 Å². The molecule has 162 valence electrons. The van der Waals surface area contributed by atoms with Gasteiger partial charge in [0, 0.05) is 30.4 Å². The van der Waals surface area contributed by atoms with Crippen LogP contribution >= 0.6 is 0 Å². The lowest BCUT2D eigenvalue weighted by atomic mass is 10.1.